The molecule has 1 aromatic heterocycles. The van der Waals surface area contributed by atoms with Crippen molar-refractivity contribution in [2.24, 2.45) is 5.41 Å². The van der Waals surface area contributed by atoms with Crippen molar-refractivity contribution in [3.8, 4) is 5.88 Å². The third-order valence-electron chi connectivity index (χ3n) is 2.63. The predicted octanol–water partition coefficient (Wildman–Crippen LogP) is 2.09. The van der Waals surface area contributed by atoms with Gasteiger partial charge in [0.1, 0.15) is 12.1 Å². The number of aliphatic hydroxyl groups excluding tert-OH is 1. The van der Waals surface area contributed by atoms with Crippen LogP contribution in [0.5, 0.6) is 5.88 Å². The van der Waals surface area contributed by atoms with Crippen molar-refractivity contribution < 1.29 is 9.84 Å². The number of nitrogens with one attached hydrogen (secondary N) is 1. The van der Waals surface area contributed by atoms with E-state index in [1.54, 1.807) is 6.07 Å². The fourth-order valence-electron chi connectivity index (χ4n) is 1.44. The Kier molecular flexibility index (Phi) is 5.85. The summed E-state index contributed by atoms with van der Waals surface area (Å²) in [6, 6.07) is 1.80. The van der Waals surface area contributed by atoms with Crippen molar-refractivity contribution in [2.45, 2.75) is 33.6 Å². The van der Waals surface area contributed by atoms with Crippen molar-refractivity contribution in [3.05, 3.63) is 12.4 Å². The molecule has 0 unspecified atom stereocenters. The SMILES string of the molecule is CCCOc1cc(NCC(C)(C)CCO)ncn1. The van der Waals surface area contributed by atoms with Gasteiger partial charge >= 0.3 is 0 Å². The van der Waals surface area contributed by atoms with E-state index in [1.807, 2.05) is 0 Å². The lowest BCUT2D eigenvalue weighted by Gasteiger charge is -2.24. The van der Waals surface area contributed by atoms with Crippen LogP contribution in [-0.2, 0) is 0 Å². The summed E-state index contributed by atoms with van der Waals surface area (Å²) < 4.78 is 5.44. The minimum Gasteiger partial charge on any atom is -0.478 e. The number of ether oxygens (including phenoxy) is 1. The zero-order chi connectivity index (χ0) is 13.4. The van der Waals surface area contributed by atoms with Gasteiger partial charge in [-0.15, -0.1) is 0 Å². The van der Waals surface area contributed by atoms with Crippen LogP contribution in [0.2, 0.25) is 0 Å². The Hall–Kier alpha value is -1.36. The van der Waals surface area contributed by atoms with Gasteiger partial charge in [-0.05, 0) is 18.3 Å². The van der Waals surface area contributed by atoms with E-state index in [1.165, 1.54) is 6.33 Å². The zero-order valence-corrected chi connectivity index (χ0v) is 11.4. The van der Waals surface area contributed by atoms with Crippen LogP contribution in [-0.4, -0.2) is 34.8 Å². The standard InChI is InChI=1S/C13H23N3O2/c1-4-7-18-12-8-11(15-10-16-12)14-9-13(2,3)5-6-17/h8,10,17H,4-7,9H2,1-3H3,(H,14,15,16). The Morgan fingerprint density at radius 2 is 2.17 bits per heavy atom. The van der Waals surface area contributed by atoms with E-state index < -0.39 is 0 Å². The molecule has 0 aliphatic heterocycles. The van der Waals surface area contributed by atoms with Crippen LogP contribution in [0.25, 0.3) is 0 Å². The molecule has 2 N–H and O–H groups in total. The molecule has 0 radical (unpaired) electrons. The summed E-state index contributed by atoms with van der Waals surface area (Å²) in [5.74, 6) is 1.34. The van der Waals surface area contributed by atoms with Gasteiger partial charge in [0, 0.05) is 19.2 Å². The second-order valence-corrected chi connectivity index (χ2v) is 5.08. The van der Waals surface area contributed by atoms with Gasteiger partial charge in [-0.1, -0.05) is 20.8 Å². The first kappa shape index (κ1) is 14.7. The molecule has 18 heavy (non-hydrogen) atoms. The summed E-state index contributed by atoms with van der Waals surface area (Å²) in [5, 5.41) is 12.2. The number of nitrogens with zero attached hydrogens (tertiary/aromatic N) is 2. The van der Waals surface area contributed by atoms with E-state index in [0.29, 0.717) is 12.5 Å². The number of hydrogen-bond donors (Lipinski definition) is 2. The molecule has 0 bridgehead atoms. The largest absolute Gasteiger partial charge is 0.478 e. The first-order chi connectivity index (χ1) is 8.57. The zero-order valence-electron chi connectivity index (χ0n) is 11.4. The number of aliphatic hydroxyl groups is 1. The molecule has 0 saturated heterocycles. The summed E-state index contributed by atoms with van der Waals surface area (Å²) in [5.41, 5.74) is 0.0319. The van der Waals surface area contributed by atoms with Crippen LogP contribution in [0, 0.1) is 5.41 Å². The van der Waals surface area contributed by atoms with Crippen LogP contribution in [0.1, 0.15) is 33.6 Å². The van der Waals surface area contributed by atoms with Crippen LogP contribution in [0.3, 0.4) is 0 Å². The first-order valence-electron chi connectivity index (χ1n) is 6.37. The first-order valence-corrected chi connectivity index (χ1v) is 6.37. The summed E-state index contributed by atoms with van der Waals surface area (Å²) in [7, 11) is 0. The van der Waals surface area contributed by atoms with E-state index in [0.717, 1.165) is 25.2 Å². The molecule has 0 spiro atoms. The van der Waals surface area contributed by atoms with E-state index >= 15 is 0 Å². The highest BCUT2D eigenvalue weighted by molar-refractivity contribution is 5.37. The van der Waals surface area contributed by atoms with Crippen molar-refractivity contribution in [3.63, 3.8) is 0 Å². The van der Waals surface area contributed by atoms with Crippen molar-refractivity contribution in [1.29, 1.82) is 0 Å². The molecule has 0 aliphatic carbocycles. The average molecular weight is 253 g/mol. The molecule has 1 heterocycles. The molecule has 1 aromatic rings. The van der Waals surface area contributed by atoms with E-state index in [4.69, 9.17) is 9.84 Å². The minimum atomic E-state index is 0.0319. The topological polar surface area (TPSA) is 67.3 Å². The summed E-state index contributed by atoms with van der Waals surface area (Å²) >= 11 is 0. The smallest absolute Gasteiger partial charge is 0.218 e. The number of aromatic nitrogens is 2. The molecule has 1 rings (SSSR count). The lowest BCUT2D eigenvalue weighted by Crippen LogP contribution is -2.24. The highest BCUT2D eigenvalue weighted by Crippen LogP contribution is 2.20. The van der Waals surface area contributed by atoms with Crippen molar-refractivity contribution in [1.82, 2.24) is 9.97 Å². The molecule has 0 saturated carbocycles. The van der Waals surface area contributed by atoms with Crippen molar-refractivity contribution in [2.75, 3.05) is 25.1 Å². The molecular formula is C13H23N3O2. The van der Waals surface area contributed by atoms with Crippen LogP contribution in [0.15, 0.2) is 12.4 Å². The molecule has 0 fully saturated rings. The second kappa shape index (κ2) is 7.16. The number of anilines is 1. The molecule has 0 atom stereocenters. The fraction of sp³-hybridized carbons (Fsp3) is 0.692. The lowest BCUT2D eigenvalue weighted by atomic mass is 9.90. The molecule has 0 aromatic carbocycles. The molecule has 102 valence electrons. The molecule has 5 nitrogen and oxygen atoms in total. The van der Waals surface area contributed by atoms with Gasteiger partial charge in [0.05, 0.1) is 6.61 Å². The van der Waals surface area contributed by atoms with Gasteiger partial charge < -0.3 is 15.2 Å². The monoisotopic (exact) mass is 253 g/mol. The van der Waals surface area contributed by atoms with Gasteiger partial charge in [-0.3, -0.25) is 0 Å². The molecule has 0 amide bonds. The lowest BCUT2D eigenvalue weighted by molar-refractivity contribution is 0.220. The van der Waals surface area contributed by atoms with Crippen LogP contribution < -0.4 is 10.1 Å². The Bertz CT molecular complexity index is 356. The normalized spacial score (nSPS) is 11.3. The average Bonchev–Trinajstić information content (AvgIpc) is 2.35. The third kappa shape index (κ3) is 5.31. The predicted molar refractivity (Wildman–Crippen MR) is 71.8 cm³/mol. The fourth-order valence-corrected chi connectivity index (χ4v) is 1.44. The highest BCUT2D eigenvalue weighted by Gasteiger charge is 2.16. The minimum absolute atomic E-state index is 0.0319. The third-order valence-corrected chi connectivity index (χ3v) is 2.63. The maximum atomic E-state index is 8.97. The van der Waals surface area contributed by atoms with Crippen LogP contribution >= 0.6 is 0 Å². The maximum absolute atomic E-state index is 8.97. The Balaban J connectivity index is 2.51. The summed E-state index contributed by atoms with van der Waals surface area (Å²) in [6.45, 7) is 7.86. The molecule has 5 heteroatoms. The van der Waals surface area contributed by atoms with Crippen molar-refractivity contribution >= 4 is 5.82 Å². The van der Waals surface area contributed by atoms with E-state index in [9.17, 15) is 0 Å². The number of rotatable bonds is 8. The van der Waals surface area contributed by atoms with Gasteiger partial charge in [-0.25, -0.2) is 9.97 Å². The Morgan fingerprint density at radius 3 is 2.83 bits per heavy atom. The van der Waals surface area contributed by atoms with Gasteiger partial charge in [0.15, 0.2) is 0 Å². The maximum Gasteiger partial charge on any atom is 0.218 e. The highest BCUT2D eigenvalue weighted by atomic mass is 16.5. The Labute approximate surface area is 109 Å². The quantitative estimate of drug-likeness (QED) is 0.742. The van der Waals surface area contributed by atoms with Crippen LogP contribution in [0.4, 0.5) is 5.82 Å². The van der Waals surface area contributed by atoms with Gasteiger partial charge in [0.25, 0.3) is 0 Å². The van der Waals surface area contributed by atoms with E-state index in [-0.39, 0.29) is 12.0 Å². The number of hydrogen-bond acceptors (Lipinski definition) is 5. The van der Waals surface area contributed by atoms with E-state index in [2.05, 4.69) is 36.1 Å². The second-order valence-electron chi connectivity index (χ2n) is 5.08. The summed E-state index contributed by atoms with van der Waals surface area (Å²) in [4.78, 5) is 8.19. The summed E-state index contributed by atoms with van der Waals surface area (Å²) in [6.07, 6.45) is 3.20. The Morgan fingerprint density at radius 1 is 1.39 bits per heavy atom. The van der Waals surface area contributed by atoms with Gasteiger partial charge in [0.2, 0.25) is 5.88 Å². The molecular weight excluding hydrogens is 230 g/mol. The van der Waals surface area contributed by atoms with Gasteiger partial charge in [-0.2, -0.15) is 0 Å². The molecule has 0 aliphatic rings.